The van der Waals surface area contributed by atoms with Crippen molar-refractivity contribution in [1.82, 2.24) is 19.2 Å². The molecule has 2 aliphatic heterocycles. The zero-order valence-corrected chi connectivity index (χ0v) is 10.3. The Bertz CT molecular complexity index is 856. The lowest BCUT2D eigenvalue weighted by atomic mass is 10.2. The Morgan fingerprint density at radius 1 is 0.950 bits per heavy atom. The van der Waals surface area contributed by atoms with Gasteiger partial charge in [0.15, 0.2) is 11.9 Å². The zero-order chi connectivity index (χ0) is 13.9. The molecule has 20 heavy (non-hydrogen) atoms. The molecule has 3 heterocycles. The van der Waals surface area contributed by atoms with Crippen molar-refractivity contribution >= 4 is 5.78 Å². The molecule has 2 aromatic rings. The minimum atomic E-state index is -0.796. The molecule has 0 saturated carbocycles. The molecule has 1 N–H and O–H groups in total. The molecule has 2 aliphatic rings. The van der Waals surface area contributed by atoms with E-state index < -0.39 is 23.7 Å². The largest absolute Gasteiger partial charge is 0.353 e. The first-order chi connectivity index (χ1) is 9.68. The maximum Gasteiger partial charge on any atom is 0.353 e. The molecule has 0 spiro atoms. The van der Waals surface area contributed by atoms with Gasteiger partial charge < -0.3 is 0 Å². The highest BCUT2D eigenvalue weighted by Gasteiger charge is 2.39. The van der Waals surface area contributed by atoms with E-state index in [9.17, 15) is 14.4 Å². The molecule has 0 amide bonds. The number of fused-ring (bicyclic) bond motifs is 5. The van der Waals surface area contributed by atoms with E-state index in [2.05, 4.69) is 5.32 Å². The Kier molecular flexibility index (Phi) is 2.05. The highest BCUT2D eigenvalue weighted by Crippen LogP contribution is 2.22. The summed E-state index contributed by atoms with van der Waals surface area (Å²) in [7, 11) is 0. The lowest BCUT2D eigenvalue weighted by Crippen LogP contribution is -2.38. The van der Waals surface area contributed by atoms with Crippen molar-refractivity contribution < 1.29 is 4.79 Å². The number of nitrogens with zero attached hydrogens (tertiary/aromatic N) is 3. The number of hydrogen-bond donors (Lipinski definition) is 1. The van der Waals surface area contributed by atoms with Crippen LogP contribution in [0.3, 0.4) is 0 Å². The second-order valence-corrected chi connectivity index (χ2v) is 4.70. The minimum absolute atomic E-state index is 0.236. The van der Waals surface area contributed by atoms with Crippen LogP contribution in [0, 0.1) is 0 Å². The molecule has 7 nitrogen and oxygen atoms in total. The van der Waals surface area contributed by atoms with E-state index in [0.717, 1.165) is 4.57 Å². The van der Waals surface area contributed by atoms with Crippen molar-refractivity contribution in [3.05, 3.63) is 63.5 Å². The van der Waals surface area contributed by atoms with E-state index in [0.29, 0.717) is 5.69 Å². The number of rotatable bonds is 1. The predicted octanol–water partition coefficient (Wildman–Crippen LogP) is -0.460. The SMILES string of the molecule is O=C1C=C[C@H]2N[C@@H]1n1c(=O)n(-c3ccccc3)c(=O)n12. The maximum atomic E-state index is 12.5. The van der Waals surface area contributed by atoms with Gasteiger partial charge in [-0.1, -0.05) is 18.2 Å². The van der Waals surface area contributed by atoms with Crippen molar-refractivity contribution in [3.8, 4) is 5.69 Å². The van der Waals surface area contributed by atoms with E-state index >= 15 is 0 Å². The van der Waals surface area contributed by atoms with E-state index in [1.54, 1.807) is 36.4 Å². The monoisotopic (exact) mass is 270 g/mol. The number of hydrogen-bond acceptors (Lipinski definition) is 4. The average molecular weight is 270 g/mol. The lowest BCUT2D eigenvalue weighted by Gasteiger charge is -2.13. The fraction of sp³-hybridized carbons (Fsp3) is 0.154. The van der Waals surface area contributed by atoms with Gasteiger partial charge in [0.2, 0.25) is 0 Å². The number of carbonyl (C=O) groups excluding carboxylic acids is 1. The molecule has 0 radical (unpaired) electrons. The molecule has 7 heteroatoms. The maximum absolute atomic E-state index is 12.5. The summed E-state index contributed by atoms with van der Waals surface area (Å²) < 4.78 is 3.54. The highest BCUT2D eigenvalue weighted by atomic mass is 16.2. The predicted molar refractivity (Wildman–Crippen MR) is 69.6 cm³/mol. The molecule has 4 rings (SSSR count). The number of ketones is 1. The van der Waals surface area contributed by atoms with Gasteiger partial charge in [-0.2, -0.15) is 0 Å². The van der Waals surface area contributed by atoms with Crippen molar-refractivity contribution in [2.24, 2.45) is 0 Å². The van der Waals surface area contributed by atoms with Crippen molar-refractivity contribution in [1.29, 1.82) is 0 Å². The summed E-state index contributed by atoms with van der Waals surface area (Å²) in [5.74, 6) is -0.236. The number of carbonyl (C=O) groups is 1. The molecule has 2 bridgehead atoms. The Hall–Kier alpha value is -2.67. The second-order valence-electron chi connectivity index (χ2n) is 4.70. The van der Waals surface area contributed by atoms with Crippen LogP contribution in [0.1, 0.15) is 12.3 Å². The first-order valence-electron chi connectivity index (χ1n) is 6.18. The molecule has 0 aliphatic carbocycles. The van der Waals surface area contributed by atoms with Crippen LogP contribution in [0.15, 0.2) is 52.1 Å². The molecule has 0 saturated heterocycles. The number of nitrogens with one attached hydrogen (secondary N) is 1. The molecule has 2 atom stereocenters. The molecule has 1 aromatic carbocycles. The molecule has 0 unspecified atom stereocenters. The molecular formula is C13H10N4O3. The summed E-state index contributed by atoms with van der Waals surface area (Å²) in [5, 5.41) is 2.92. The van der Waals surface area contributed by atoms with Crippen LogP contribution in [0.5, 0.6) is 0 Å². The third-order valence-corrected chi connectivity index (χ3v) is 3.57. The minimum Gasteiger partial charge on any atom is -0.291 e. The van der Waals surface area contributed by atoms with Crippen LogP contribution in [0.25, 0.3) is 5.69 Å². The molecule has 100 valence electrons. The summed E-state index contributed by atoms with van der Waals surface area (Å²) in [6, 6.07) is 8.66. The van der Waals surface area contributed by atoms with Gasteiger partial charge in [0.25, 0.3) is 0 Å². The van der Waals surface area contributed by atoms with Crippen LogP contribution in [-0.4, -0.2) is 19.7 Å². The third-order valence-electron chi connectivity index (χ3n) is 3.57. The van der Waals surface area contributed by atoms with Crippen LogP contribution >= 0.6 is 0 Å². The highest BCUT2D eigenvalue weighted by molar-refractivity contribution is 5.93. The Morgan fingerprint density at radius 2 is 1.65 bits per heavy atom. The summed E-state index contributed by atoms with van der Waals surface area (Å²) in [5.41, 5.74) is -0.481. The quantitative estimate of drug-likeness (QED) is 0.760. The number of benzene rings is 1. The van der Waals surface area contributed by atoms with Gasteiger partial charge in [0, 0.05) is 0 Å². The molecule has 0 fully saturated rings. The fourth-order valence-electron chi connectivity index (χ4n) is 2.68. The van der Waals surface area contributed by atoms with E-state index in [1.807, 2.05) is 0 Å². The average Bonchev–Trinajstić information content (AvgIpc) is 2.91. The van der Waals surface area contributed by atoms with Crippen molar-refractivity contribution in [3.63, 3.8) is 0 Å². The lowest BCUT2D eigenvalue weighted by molar-refractivity contribution is -0.118. The van der Waals surface area contributed by atoms with Gasteiger partial charge in [0.1, 0.15) is 6.17 Å². The summed E-state index contributed by atoms with van der Waals surface area (Å²) >= 11 is 0. The van der Waals surface area contributed by atoms with Crippen molar-refractivity contribution in [2.45, 2.75) is 12.3 Å². The smallest absolute Gasteiger partial charge is 0.291 e. The fourth-order valence-corrected chi connectivity index (χ4v) is 2.68. The first-order valence-corrected chi connectivity index (χ1v) is 6.18. The summed E-state index contributed by atoms with van der Waals surface area (Å²) in [4.78, 5) is 36.7. The van der Waals surface area contributed by atoms with E-state index in [1.165, 1.54) is 15.4 Å². The third kappa shape index (κ3) is 1.24. The van der Waals surface area contributed by atoms with E-state index in [4.69, 9.17) is 0 Å². The van der Waals surface area contributed by atoms with Crippen LogP contribution < -0.4 is 16.7 Å². The van der Waals surface area contributed by atoms with Crippen LogP contribution in [-0.2, 0) is 4.79 Å². The van der Waals surface area contributed by atoms with Crippen LogP contribution in [0.2, 0.25) is 0 Å². The summed E-state index contributed by atoms with van der Waals surface area (Å²) in [6.07, 6.45) is 1.73. The zero-order valence-electron chi connectivity index (χ0n) is 10.3. The Morgan fingerprint density at radius 3 is 2.40 bits per heavy atom. The summed E-state index contributed by atoms with van der Waals surface area (Å²) in [6.45, 7) is 0. The van der Waals surface area contributed by atoms with Crippen molar-refractivity contribution in [2.75, 3.05) is 0 Å². The molecule has 1 aromatic heterocycles. The van der Waals surface area contributed by atoms with Gasteiger partial charge in [0.05, 0.1) is 5.69 Å². The standard InChI is InChI=1S/C13H10N4O3/c18-9-6-7-10-14-11(9)17-13(20)15(12(19)16(10)17)8-4-2-1-3-5-8/h1-7,10-11,14H/t10-,11+/m0/s1. The number of aromatic nitrogens is 3. The van der Waals surface area contributed by atoms with Gasteiger partial charge in [-0.25, -0.2) is 23.5 Å². The first kappa shape index (κ1) is 11.2. The van der Waals surface area contributed by atoms with Gasteiger partial charge in [-0.05, 0) is 24.3 Å². The van der Waals surface area contributed by atoms with E-state index in [-0.39, 0.29) is 5.78 Å². The molecular weight excluding hydrogens is 260 g/mol. The topological polar surface area (TPSA) is 78.0 Å². The Balaban J connectivity index is 2.04. The normalized spacial score (nSPS) is 23.1. The van der Waals surface area contributed by atoms with Crippen LogP contribution in [0.4, 0.5) is 0 Å². The Labute approximate surface area is 112 Å². The number of para-hydroxylation sites is 1. The second kappa shape index (κ2) is 3.67. The van der Waals surface area contributed by atoms with Gasteiger partial charge in [-0.15, -0.1) is 0 Å². The van der Waals surface area contributed by atoms with Gasteiger partial charge >= 0.3 is 11.4 Å². The van der Waals surface area contributed by atoms with Gasteiger partial charge in [-0.3, -0.25) is 10.1 Å².